The van der Waals surface area contributed by atoms with Crippen LogP contribution in [0.1, 0.15) is 16.2 Å². The van der Waals surface area contributed by atoms with Crippen molar-refractivity contribution in [2.75, 3.05) is 7.11 Å². The molecule has 1 aromatic heterocycles. The van der Waals surface area contributed by atoms with Crippen LogP contribution in [0.3, 0.4) is 0 Å². The molecule has 0 fully saturated rings. The number of hydrogen-bond donors (Lipinski definition) is 1. The molecule has 0 amide bonds. The Bertz CT molecular complexity index is 354. The third-order valence-corrected chi connectivity index (χ3v) is 1.84. The van der Waals surface area contributed by atoms with Crippen molar-refractivity contribution in [3.8, 4) is 6.01 Å². The van der Waals surface area contributed by atoms with Crippen LogP contribution in [0, 0.1) is 6.92 Å². The molecule has 0 aliphatic carbocycles. The number of esters is 1. The van der Waals surface area contributed by atoms with E-state index in [-0.39, 0.29) is 10.7 Å². The van der Waals surface area contributed by atoms with E-state index in [9.17, 15) is 4.79 Å². The first-order chi connectivity index (χ1) is 6.06. The van der Waals surface area contributed by atoms with Crippen LogP contribution in [0.4, 0.5) is 0 Å². The standard InChI is InChI=1S/C7H7ClN2O3/c1-3-4(8)5(6(11)13-2)10-7(12)9-3/h1-2H3,(H,9,10,12). The van der Waals surface area contributed by atoms with Gasteiger partial charge in [0.2, 0.25) is 0 Å². The molecule has 0 atom stereocenters. The minimum Gasteiger partial charge on any atom is -0.479 e. The van der Waals surface area contributed by atoms with E-state index in [2.05, 4.69) is 14.7 Å². The molecule has 1 heterocycles. The van der Waals surface area contributed by atoms with Gasteiger partial charge in [-0.3, -0.25) is 0 Å². The van der Waals surface area contributed by atoms with Crippen LogP contribution in [0.5, 0.6) is 6.01 Å². The predicted molar refractivity (Wildman–Crippen MR) is 44.8 cm³/mol. The van der Waals surface area contributed by atoms with Crippen LogP contribution in [0.15, 0.2) is 0 Å². The molecule has 13 heavy (non-hydrogen) atoms. The average Bonchev–Trinajstić information content (AvgIpc) is 2.10. The van der Waals surface area contributed by atoms with Gasteiger partial charge in [0.1, 0.15) is 0 Å². The number of methoxy groups -OCH3 is 1. The van der Waals surface area contributed by atoms with Crippen molar-refractivity contribution in [1.82, 2.24) is 9.97 Å². The normalized spacial score (nSPS) is 9.77. The quantitative estimate of drug-likeness (QED) is 0.686. The molecule has 1 N–H and O–H groups in total. The average molecular weight is 203 g/mol. The Balaban J connectivity index is 3.28. The maximum Gasteiger partial charge on any atom is 0.358 e. The molecule has 5 nitrogen and oxygen atoms in total. The van der Waals surface area contributed by atoms with Gasteiger partial charge in [-0.1, -0.05) is 11.6 Å². The number of carbonyl (C=O) groups is 1. The van der Waals surface area contributed by atoms with Crippen LogP contribution in [0.25, 0.3) is 0 Å². The Morgan fingerprint density at radius 1 is 1.54 bits per heavy atom. The summed E-state index contributed by atoms with van der Waals surface area (Å²) < 4.78 is 4.40. The third-order valence-electron chi connectivity index (χ3n) is 1.38. The summed E-state index contributed by atoms with van der Waals surface area (Å²) in [6.45, 7) is 1.55. The van der Waals surface area contributed by atoms with Gasteiger partial charge >= 0.3 is 12.0 Å². The molecule has 0 spiro atoms. The fraction of sp³-hybridized carbons (Fsp3) is 0.286. The lowest BCUT2D eigenvalue weighted by atomic mass is 10.3. The highest BCUT2D eigenvalue weighted by molar-refractivity contribution is 6.33. The highest BCUT2D eigenvalue weighted by Crippen LogP contribution is 2.19. The Morgan fingerprint density at radius 3 is 2.69 bits per heavy atom. The van der Waals surface area contributed by atoms with E-state index >= 15 is 0 Å². The Morgan fingerprint density at radius 2 is 2.15 bits per heavy atom. The van der Waals surface area contributed by atoms with Crippen molar-refractivity contribution in [3.05, 3.63) is 16.4 Å². The van der Waals surface area contributed by atoms with Crippen molar-refractivity contribution in [3.63, 3.8) is 0 Å². The minimum absolute atomic E-state index is 0.0876. The van der Waals surface area contributed by atoms with Crippen molar-refractivity contribution < 1.29 is 14.6 Å². The van der Waals surface area contributed by atoms with Crippen LogP contribution in [-0.4, -0.2) is 28.2 Å². The zero-order valence-corrected chi connectivity index (χ0v) is 7.79. The largest absolute Gasteiger partial charge is 0.479 e. The van der Waals surface area contributed by atoms with Crippen LogP contribution in [-0.2, 0) is 4.74 Å². The predicted octanol–water partition coefficient (Wildman–Crippen LogP) is 0.931. The number of aromatic nitrogens is 2. The SMILES string of the molecule is COC(=O)c1nc(O)nc(C)c1Cl. The number of ether oxygens (including phenoxy) is 1. The summed E-state index contributed by atoms with van der Waals surface area (Å²) in [4.78, 5) is 18.0. The second-order valence-electron chi connectivity index (χ2n) is 2.26. The highest BCUT2D eigenvalue weighted by atomic mass is 35.5. The molecule has 0 aliphatic heterocycles. The summed E-state index contributed by atoms with van der Waals surface area (Å²) in [6.07, 6.45) is 0. The monoisotopic (exact) mass is 202 g/mol. The smallest absolute Gasteiger partial charge is 0.358 e. The van der Waals surface area contributed by atoms with E-state index in [0.29, 0.717) is 5.69 Å². The maximum atomic E-state index is 11.0. The number of nitrogens with zero attached hydrogens (tertiary/aromatic N) is 2. The van der Waals surface area contributed by atoms with Gasteiger partial charge in [0.25, 0.3) is 0 Å². The second kappa shape index (κ2) is 3.57. The number of halogens is 1. The number of hydrogen-bond acceptors (Lipinski definition) is 5. The lowest BCUT2D eigenvalue weighted by molar-refractivity contribution is 0.0592. The van der Waals surface area contributed by atoms with Crippen LogP contribution in [0.2, 0.25) is 5.02 Å². The fourth-order valence-corrected chi connectivity index (χ4v) is 0.938. The number of rotatable bonds is 1. The van der Waals surface area contributed by atoms with E-state index < -0.39 is 12.0 Å². The summed E-state index contributed by atoms with van der Waals surface area (Å²) in [6, 6.07) is -0.498. The Hall–Kier alpha value is -1.36. The summed E-state index contributed by atoms with van der Waals surface area (Å²) in [5.74, 6) is -0.703. The Labute approximate surface area is 79.3 Å². The first-order valence-electron chi connectivity index (χ1n) is 3.37. The van der Waals surface area contributed by atoms with Gasteiger partial charge in [-0.2, -0.15) is 9.97 Å². The number of aromatic hydroxyl groups is 1. The van der Waals surface area contributed by atoms with E-state index in [1.165, 1.54) is 7.11 Å². The molecule has 0 bridgehead atoms. The lowest BCUT2D eigenvalue weighted by Gasteiger charge is -2.03. The highest BCUT2D eigenvalue weighted by Gasteiger charge is 2.16. The van der Waals surface area contributed by atoms with E-state index in [1.54, 1.807) is 6.92 Å². The first-order valence-corrected chi connectivity index (χ1v) is 3.75. The molecule has 1 rings (SSSR count). The topological polar surface area (TPSA) is 72.3 Å². The van der Waals surface area contributed by atoms with Crippen molar-refractivity contribution >= 4 is 17.6 Å². The Kier molecular flexibility index (Phi) is 2.67. The first kappa shape index (κ1) is 9.73. The number of aryl methyl sites for hydroxylation is 1. The van der Waals surface area contributed by atoms with Crippen molar-refractivity contribution in [2.24, 2.45) is 0 Å². The molecule has 0 saturated carbocycles. The molecule has 70 valence electrons. The van der Waals surface area contributed by atoms with E-state index in [4.69, 9.17) is 16.7 Å². The molecule has 6 heteroatoms. The van der Waals surface area contributed by atoms with Crippen molar-refractivity contribution in [1.29, 1.82) is 0 Å². The van der Waals surface area contributed by atoms with Gasteiger partial charge in [-0.05, 0) is 6.92 Å². The lowest BCUT2D eigenvalue weighted by Crippen LogP contribution is -2.07. The molecule has 0 unspecified atom stereocenters. The number of carbonyl (C=O) groups excluding carboxylic acids is 1. The molecule has 0 radical (unpaired) electrons. The zero-order chi connectivity index (χ0) is 10.0. The molecule has 0 aromatic carbocycles. The minimum atomic E-state index is -0.703. The third kappa shape index (κ3) is 1.86. The van der Waals surface area contributed by atoms with Gasteiger partial charge < -0.3 is 9.84 Å². The summed E-state index contributed by atoms with van der Waals surface area (Å²) in [5.41, 5.74) is 0.198. The molecule has 0 saturated heterocycles. The fourth-order valence-electron chi connectivity index (χ4n) is 0.776. The summed E-state index contributed by atoms with van der Waals surface area (Å²) in [5, 5.41) is 9.06. The van der Waals surface area contributed by atoms with Gasteiger partial charge in [-0.25, -0.2) is 4.79 Å². The summed E-state index contributed by atoms with van der Waals surface area (Å²) >= 11 is 5.70. The van der Waals surface area contributed by atoms with E-state index in [0.717, 1.165) is 0 Å². The molecule has 1 aromatic rings. The maximum absolute atomic E-state index is 11.0. The van der Waals surface area contributed by atoms with Gasteiger partial charge in [0.15, 0.2) is 5.69 Å². The van der Waals surface area contributed by atoms with Crippen LogP contribution < -0.4 is 0 Å². The van der Waals surface area contributed by atoms with E-state index in [1.807, 2.05) is 0 Å². The molecule has 0 aliphatic rings. The summed E-state index contributed by atoms with van der Waals surface area (Å²) in [7, 11) is 1.20. The molecular weight excluding hydrogens is 196 g/mol. The zero-order valence-electron chi connectivity index (χ0n) is 7.04. The van der Waals surface area contributed by atoms with Crippen molar-refractivity contribution in [2.45, 2.75) is 6.92 Å². The van der Waals surface area contributed by atoms with Gasteiger partial charge in [-0.15, -0.1) is 0 Å². The van der Waals surface area contributed by atoms with Gasteiger partial charge in [0, 0.05) is 0 Å². The van der Waals surface area contributed by atoms with Crippen LogP contribution >= 0.6 is 11.6 Å². The van der Waals surface area contributed by atoms with Gasteiger partial charge in [0.05, 0.1) is 17.8 Å². The second-order valence-corrected chi connectivity index (χ2v) is 2.64. The molecular formula is C7H7ClN2O3.